The van der Waals surface area contributed by atoms with Crippen LogP contribution < -0.4 is 15.4 Å². The monoisotopic (exact) mass is 344 g/mol. The van der Waals surface area contributed by atoms with E-state index in [9.17, 15) is 17.6 Å². The Morgan fingerprint density at radius 1 is 1.00 bits per heavy atom. The molecule has 8 heteroatoms. The fourth-order valence-corrected chi connectivity index (χ4v) is 2.02. The molecule has 0 fully saturated rings. The van der Waals surface area contributed by atoms with Crippen LogP contribution in [0.4, 0.5) is 28.9 Å². The van der Waals surface area contributed by atoms with Crippen LogP contribution in [0.2, 0.25) is 0 Å². The maximum atomic E-state index is 13.5. The smallest absolute Gasteiger partial charge is 0.416 e. The molecule has 0 aromatic heterocycles. The van der Waals surface area contributed by atoms with E-state index in [1.807, 2.05) is 0 Å². The largest absolute Gasteiger partial charge is 0.494 e. The summed E-state index contributed by atoms with van der Waals surface area (Å²) in [5.74, 6) is -0.466. The van der Waals surface area contributed by atoms with E-state index in [2.05, 4.69) is 10.6 Å². The lowest BCUT2D eigenvalue weighted by Gasteiger charge is -2.12. The van der Waals surface area contributed by atoms with Gasteiger partial charge in [0.2, 0.25) is 0 Å². The second kappa shape index (κ2) is 6.82. The molecule has 0 spiro atoms. The number of thiocarbonyl (C=S) groups is 1. The van der Waals surface area contributed by atoms with Crippen LogP contribution in [-0.4, -0.2) is 12.2 Å². The molecule has 2 aromatic rings. The van der Waals surface area contributed by atoms with Gasteiger partial charge in [-0.1, -0.05) is 0 Å². The Morgan fingerprint density at radius 3 is 2.09 bits per heavy atom. The third kappa shape index (κ3) is 4.56. The summed E-state index contributed by atoms with van der Waals surface area (Å²) >= 11 is 5.03. The van der Waals surface area contributed by atoms with Gasteiger partial charge < -0.3 is 15.4 Å². The van der Waals surface area contributed by atoms with Crippen molar-refractivity contribution >= 4 is 28.7 Å². The van der Waals surface area contributed by atoms with Crippen LogP contribution in [0, 0.1) is 5.82 Å². The molecule has 0 bridgehead atoms. The van der Waals surface area contributed by atoms with Crippen molar-refractivity contribution in [2.75, 3.05) is 17.7 Å². The molecule has 2 N–H and O–H groups in total. The van der Waals surface area contributed by atoms with Gasteiger partial charge in [-0.05, 0) is 48.6 Å². The number of alkyl halides is 3. The first-order valence-corrected chi connectivity index (χ1v) is 6.79. The minimum atomic E-state index is -4.39. The molecule has 0 saturated carbocycles. The molecular formula is C15H12F4N2OS. The number of hydrogen-bond acceptors (Lipinski definition) is 2. The first kappa shape index (κ1) is 17.0. The Kier molecular flexibility index (Phi) is 5.05. The Morgan fingerprint density at radius 2 is 1.57 bits per heavy atom. The van der Waals surface area contributed by atoms with Crippen LogP contribution >= 0.6 is 12.2 Å². The van der Waals surface area contributed by atoms with E-state index in [0.717, 1.165) is 12.1 Å². The molecule has 0 unspecified atom stereocenters. The Hall–Kier alpha value is -2.35. The van der Waals surface area contributed by atoms with Gasteiger partial charge in [0.05, 0.1) is 12.7 Å². The highest BCUT2D eigenvalue weighted by Gasteiger charge is 2.29. The lowest BCUT2D eigenvalue weighted by Crippen LogP contribution is -2.19. The van der Waals surface area contributed by atoms with Gasteiger partial charge >= 0.3 is 6.18 Å². The Bertz CT molecular complexity index is 702. The van der Waals surface area contributed by atoms with E-state index in [0.29, 0.717) is 11.4 Å². The van der Waals surface area contributed by atoms with Gasteiger partial charge in [0.25, 0.3) is 0 Å². The van der Waals surface area contributed by atoms with Crippen molar-refractivity contribution in [3.8, 4) is 5.75 Å². The van der Waals surface area contributed by atoms with Gasteiger partial charge in [0.1, 0.15) is 0 Å². The van der Waals surface area contributed by atoms with E-state index in [-0.39, 0.29) is 10.9 Å². The van der Waals surface area contributed by atoms with Crippen LogP contribution in [-0.2, 0) is 6.18 Å². The van der Waals surface area contributed by atoms with E-state index < -0.39 is 17.6 Å². The number of benzene rings is 2. The maximum absolute atomic E-state index is 13.5. The van der Waals surface area contributed by atoms with Gasteiger partial charge in [0.15, 0.2) is 16.7 Å². The van der Waals surface area contributed by atoms with Crippen molar-refractivity contribution in [3.63, 3.8) is 0 Å². The normalized spacial score (nSPS) is 11.0. The summed E-state index contributed by atoms with van der Waals surface area (Å²) < 4.78 is 55.7. The maximum Gasteiger partial charge on any atom is 0.416 e. The number of hydrogen-bond donors (Lipinski definition) is 2. The number of anilines is 2. The van der Waals surface area contributed by atoms with Crippen molar-refractivity contribution in [1.29, 1.82) is 0 Å². The van der Waals surface area contributed by atoms with Crippen molar-refractivity contribution in [2.45, 2.75) is 6.18 Å². The average molecular weight is 344 g/mol. The molecule has 0 heterocycles. The van der Waals surface area contributed by atoms with E-state index in [1.54, 1.807) is 6.07 Å². The van der Waals surface area contributed by atoms with Crippen LogP contribution in [0.15, 0.2) is 42.5 Å². The predicted molar refractivity (Wildman–Crippen MR) is 84.2 cm³/mol. The van der Waals surface area contributed by atoms with Gasteiger partial charge in [-0.15, -0.1) is 0 Å². The molecule has 0 atom stereocenters. The molecule has 3 nitrogen and oxygen atoms in total. The van der Waals surface area contributed by atoms with E-state index >= 15 is 0 Å². The quantitative estimate of drug-likeness (QED) is 0.627. The highest BCUT2D eigenvalue weighted by molar-refractivity contribution is 7.80. The van der Waals surface area contributed by atoms with Crippen LogP contribution in [0.5, 0.6) is 5.75 Å². The van der Waals surface area contributed by atoms with Crippen LogP contribution in [0.1, 0.15) is 5.56 Å². The topological polar surface area (TPSA) is 33.3 Å². The molecule has 0 saturated heterocycles. The van der Waals surface area contributed by atoms with Gasteiger partial charge in [-0.2, -0.15) is 13.2 Å². The summed E-state index contributed by atoms with van der Waals surface area (Å²) in [6, 6.07) is 8.58. The molecule has 2 rings (SSSR count). The fraction of sp³-hybridized carbons (Fsp3) is 0.133. The Labute approximate surface area is 135 Å². The van der Waals surface area contributed by atoms with Gasteiger partial charge in [-0.3, -0.25) is 0 Å². The zero-order valence-electron chi connectivity index (χ0n) is 11.9. The third-order valence-corrected chi connectivity index (χ3v) is 3.08. The molecule has 0 radical (unpaired) electrons. The average Bonchev–Trinajstić information content (AvgIpc) is 2.47. The molecule has 122 valence electrons. The number of methoxy groups -OCH3 is 1. The molecule has 0 aliphatic carbocycles. The lowest BCUT2D eigenvalue weighted by atomic mass is 10.2. The standard InChI is InChI=1S/C15H12F4N2OS/c1-22-13-7-6-11(8-12(13)16)21-14(23)20-10-4-2-9(3-5-10)15(17,18)19/h2-8H,1H3,(H2,20,21,23). The second-order valence-electron chi connectivity index (χ2n) is 4.50. The van der Waals surface area contributed by atoms with Crippen molar-refractivity contribution in [3.05, 3.63) is 53.8 Å². The first-order valence-electron chi connectivity index (χ1n) is 6.38. The molecule has 0 amide bonds. The summed E-state index contributed by atoms with van der Waals surface area (Å²) in [4.78, 5) is 0. The summed E-state index contributed by atoms with van der Waals surface area (Å²) in [5.41, 5.74) is 0.0105. The zero-order valence-corrected chi connectivity index (χ0v) is 12.7. The van der Waals surface area contributed by atoms with Gasteiger partial charge in [-0.25, -0.2) is 4.39 Å². The van der Waals surface area contributed by atoms with Crippen molar-refractivity contribution in [2.24, 2.45) is 0 Å². The summed E-state index contributed by atoms with van der Waals surface area (Å²) in [7, 11) is 1.35. The van der Waals surface area contributed by atoms with Crippen molar-refractivity contribution in [1.82, 2.24) is 0 Å². The van der Waals surface area contributed by atoms with Crippen LogP contribution in [0.3, 0.4) is 0 Å². The highest BCUT2D eigenvalue weighted by Crippen LogP contribution is 2.29. The fourth-order valence-electron chi connectivity index (χ4n) is 1.78. The number of halogens is 4. The molecule has 0 aliphatic heterocycles. The number of nitrogens with one attached hydrogen (secondary N) is 2. The molecule has 0 aliphatic rings. The molecule has 2 aromatic carbocycles. The summed E-state index contributed by atoms with van der Waals surface area (Å²) in [6.07, 6.45) is -4.39. The Balaban J connectivity index is 2.01. The predicted octanol–water partition coefficient (Wildman–Crippen LogP) is 4.66. The minimum Gasteiger partial charge on any atom is -0.494 e. The van der Waals surface area contributed by atoms with E-state index in [4.69, 9.17) is 17.0 Å². The van der Waals surface area contributed by atoms with Crippen LogP contribution in [0.25, 0.3) is 0 Å². The zero-order chi connectivity index (χ0) is 17.0. The third-order valence-electron chi connectivity index (χ3n) is 2.88. The van der Waals surface area contributed by atoms with Gasteiger partial charge in [0, 0.05) is 17.4 Å². The highest BCUT2D eigenvalue weighted by atomic mass is 32.1. The second-order valence-corrected chi connectivity index (χ2v) is 4.91. The molecular weight excluding hydrogens is 332 g/mol. The lowest BCUT2D eigenvalue weighted by molar-refractivity contribution is -0.137. The molecule has 23 heavy (non-hydrogen) atoms. The van der Waals surface area contributed by atoms with E-state index in [1.165, 1.54) is 31.4 Å². The minimum absolute atomic E-state index is 0.0946. The first-order chi connectivity index (χ1) is 10.8. The van der Waals surface area contributed by atoms with Crippen molar-refractivity contribution < 1.29 is 22.3 Å². The number of rotatable bonds is 3. The number of ether oxygens (including phenoxy) is 1. The summed E-state index contributed by atoms with van der Waals surface area (Å²) in [5, 5.41) is 5.57. The summed E-state index contributed by atoms with van der Waals surface area (Å²) in [6.45, 7) is 0. The SMILES string of the molecule is COc1ccc(NC(=S)Nc2ccc(C(F)(F)F)cc2)cc1F.